The molecule has 0 aliphatic carbocycles. The molecule has 19 heavy (non-hydrogen) atoms. The predicted molar refractivity (Wildman–Crippen MR) is 72.1 cm³/mol. The molecule has 1 aromatic heterocycles. The molecule has 0 saturated carbocycles. The quantitative estimate of drug-likeness (QED) is 0.922. The number of carbonyl (C=O) groups is 1. The normalized spacial score (nSPS) is 12.1. The smallest absolute Gasteiger partial charge is 0.407 e. The van der Waals surface area contributed by atoms with Gasteiger partial charge < -0.3 is 9.73 Å². The Morgan fingerprint density at radius 2 is 2.05 bits per heavy atom. The average molecular weight is 260 g/mol. The van der Waals surface area contributed by atoms with Crippen molar-refractivity contribution in [3.8, 4) is 11.3 Å². The third-order valence-corrected chi connectivity index (χ3v) is 2.90. The third kappa shape index (κ3) is 2.93. The predicted octanol–water partition coefficient (Wildman–Crippen LogP) is 2.46. The van der Waals surface area contributed by atoms with Gasteiger partial charge in [0.15, 0.2) is 5.76 Å². The lowest BCUT2D eigenvalue weighted by molar-refractivity contribution is 0.237. The Labute approximate surface area is 110 Å². The first-order valence-electron chi connectivity index (χ1n) is 6.20. The van der Waals surface area contributed by atoms with Gasteiger partial charge in [-0.3, -0.25) is 0 Å². The Hall–Kier alpha value is -2.30. The molecule has 1 amide bonds. The molecule has 5 nitrogen and oxygen atoms in total. The average Bonchev–Trinajstić information content (AvgIpc) is 2.81. The zero-order valence-electron chi connectivity index (χ0n) is 10.9. The van der Waals surface area contributed by atoms with Gasteiger partial charge >= 0.3 is 11.8 Å². The van der Waals surface area contributed by atoms with Gasteiger partial charge in [0, 0.05) is 11.6 Å². The topological polar surface area (TPSA) is 64.2 Å². The molecule has 0 saturated heterocycles. The number of oxazole rings is 1. The van der Waals surface area contributed by atoms with E-state index in [1.54, 1.807) is 0 Å². The van der Waals surface area contributed by atoms with Crippen molar-refractivity contribution < 1.29 is 9.21 Å². The number of benzene rings is 1. The molecule has 0 aliphatic rings. The highest BCUT2D eigenvalue weighted by molar-refractivity contribution is 5.77. The van der Waals surface area contributed by atoms with E-state index in [4.69, 9.17) is 4.42 Å². The Bertz CT molecular complexity index is 613. The van der Waals surface area contributed by atoms with Gasteiger partial charge in [-0.15, -0.1) is 0 Å². The van der Waals surface area contributed by atoms with Gasteiger partial charge in [-0.05, 0) is 13.3 Å². The molecule has 0 bridgehead atoms. The Morgan fingerprint density at radius 1 is 1.37 bits per heavy atom. The molecule has 0 aliphatic heterocycles. The van der Waals surface area contributed by atoms with E-state index in [2.05, 4.69) is 5.32 Å². The summed E-state index contributed by atoms with van der Waals surface area (Å²) in [5, 5.41) is 2.72. The van der Waals surface area contributed by atoms with E-state index in [1.165, 1.54) is 6.20 Å². The van der Waals surface area contributed by atoms with Crippen LogP contribution < -0.4 is 11.1 Å². The van der Waals surface area contributed by atoms with Crippen LogP contribution in [0.1, 0.15) is 20.3 Å². The highest BCUT2D eigenvalue weighted by Gasteiger charge is 2.15. The molecular formula is C14H16N2O3. The van der Waals surface area contributed by atoms with E-state index in [0.717, 1.165) is 16.6 Å². The van der Waals surface area contributed by atoms with E-state index in [-0.39, 0.29) is 6.04 Å². The number of nitrogens with one attached hydrogen (secondary N) is 1. The van der Waals surface area contributed by atoms with E-state index < -0.39 is 11.8 Å². The van der Waals surface area contributed by atoms with Crippen molar-refractivity contribution in [2.24, 2.45) is 0 Å². The lowest BCUT2D eigenvalue weighted by atomic mass is 10.2. The van der Waals surface area contributed by atoms with E-state index in [1.807, 2.05) is 44.2 Å². The number of amides is 1. The van der Waals surface area contributed by atoms with Gasteiger partial charge in [-0.25, -0.2) is 9.59 Å². The second kappa shape index (κ2) is 5.56. The molecule has 1 heterocycles. The van der Waals surface area contributed by atoms with Gasteiger partial charge in [0.1, 0.15) is 0 Å². The van der Waals surface area contributed by atoms with Crippen LogP contribution in [0.25, 0.3) is 11.3 Å². The van der Waals surface area contributed by atoms with Crippen molar-refractivity contribution in [1.29, 1.82) is 0 Å². The van der Waals surface area contributed by atoms with Crippen LogP contribution in [0.5, 0.6) is 0 Å². The standard InChI is InChI=1S/C14H16N2O3/c1-3-10(2)15-13(17)16-9-12(19-14(16)18)11-7-5-4-6-8-11/h4-10H,3H2,1-2H3,(H,15,17). The van der Waals surface area contributed by atoms with E-state index >= 15 is 0 Å². The molecular weight excluding hydrogens is 244 g/mol. The van der Waals surface area contributed by atoms with Crippen molar-refractivity contribution in [2.45, 2.75) is 26.3 Å². The minimum atomic E-state index is -0.681. The number of aromatic nitrogens is 1. The fourth-order valence-corrected chi connectivity index (χ4v) is 1.60. The lowest BCUT2D eigenvalue weighted by Gasteiger charge is -2.09. The largest absolute Gasteiger partial charge is 0.427 e. The maximum atomic E-state index is 11.9. The second-order valence-electron chi connectivity index (χ2n) is 4.36. The SMILES string of the molecule is CCC(C)NC(=O)n1cc(-c2ccccc2)oc1=O. The summed E-state index contributed by atoms with van der Waals surface area (Å²) in [6.07, 6.45) is 2.21. The summed E-state index contributed by atoms with van der Waals surface area (Å²) in [7, 11) is 0. The number of rotatable bonds is 3. The maximum absolute atomic E-state index is 11.9. The molecule has 2 aromatic rings. The van der Waals surface area contributed by atoms with Crippen LogP contribution >= 0.6 is 0 Å². The van der Waals surface area contributed by atoms with E-state index in [0.29, 0.717) is 5.76 Å². The molecule has 0 radical (unpaired) electrons. The van der Waals surface area contributed by atoms with Crippen LogP contribution in [0.2, 0.25) is 0 Å². The molecule has 1 atom stereocenters. The summed E-state index contributed by atoms with van der Waals surface area (Å²) >= 11 is 0. The Kier molecular flexibility index (Phi) is 3.85. The first kappa shape index (κ1) is 13.1. The Balaban J connectivity index is 2.27. The summed E-state index contributed by atoms with van der Waals surface area (Å²) in [5.74, 6) is -0.301. The summed E-state index contributed by atoms with van der Waals surface area (Å²) < 4.78 is 6.04. The van der Waals surface area contributed by atoms with E-state index in [9.17, 15) is 9.59 Å². The lowest BCUT2D eigenvalue weighted by Crippen LogP contribution is -2.38. The second-order valence-corrected chi connectivity index (χ2v) is 4.36. The summed E-state index contributed by atoms with van der Waals surface area (Å²) in [6.45, 7) is 3.83. The van der Waals surface area contributed by atoms with Crippen molar-refractivity contribution in [2.75, 3.05) is 0 Å². The molecule has 100 valence electrons. The molecule has 0 spiro atoms. The molecule has 5 heteroatoms. The van der Waals surface area contributed by atoms with Gasteiger partial charge in [-0.1, -0.05) is 37.3 Å². The number of hydrogen-bond acceptors (Lipinski definition) is 3. The highest BCUT2D eigenvalue weighted by atomic mass is 16.4. The van der Waals surface area contributed by atoms with Gasteiger partial charge in [-0.2, -0.15) is 4.57 Å². The number of carbonyl (C=O) groups excluding carboxylic acids is 1. The summed E-state index contributed by atoms with van der Waals surface area (Å²) in [4.78, 5) is 23.5. The first-order valence-corrected chi connectivity index (χ1v) is 6.20. The Morgan fingerprint density at radius 3 is 2.68 bits per heavy atom. The van der Waals surface area contributed by atoms with Crippen LogP contribution in [0.15, 0.2) is 45.7 Å². The molecule has 0 fully saturated rings. The zero-order valence-corrected chi connectivity index (χ0v) is 10.9. The highest BCUT2D eigenvalue weighted by Crippen LogP contribution is 2.16. The van der Waals surface area contributed by atoms with Crippen molar-refractivity contribution in [3.05, 3.63) is 47.1 Å². The fraction of sp³-hybridized carbons (Fsp3) is 0.286. The van der Waals surface area contributed by atoms with Crippen molar-refractivity contribution in [1.82, 2.24) is 9.88 Å². The fourth-order valence-electron chi connectivity index (χ4n) is 1.60. The summed E-state index contributed by atoms with van der Waals surface area (Å²) in [6, 6.07) is 8.72. The summed E-state index contributed by atoms with van der Waals surface area (Å²) in [5.41, 5.74) is 0.759. The van der Waals surface area contributed by atoms with Gasteiger partial charge in [0.2, 0.25) is 0 Å². The monoisotopic (exact) mass is 260 g/mol. The van der Waals surface area contributed by atoms with Crippen LogP contribution in [-0.2, 0) is 0 Å². The van der Waals surface area contributed by atoms with Crippen LogP contribution in [0, 0.1) is 0 Å². The maximum Gasteiger partial charge on any atom is 0.427 e. The zero-order chi connectivity index (χ0) is 13.8. The van der Waals surface area contributed by atoms with Gasteiger partial charge in [0.05, 0.1) is 6.20 Å². The minimum Gasteiger partial charge on any atom is -0.407 e. The van der Waals surface area contributed by atoms with Crippen molar-refractivity contribution >= 4 is 6.03 Å². The number of hydrogen-bond donors (Lipinski definition) is 1. The van der Waals surface area contributed by atoms with Crippen LogP contribution in [0.4, 0.5) is 4.79 Å². The molecule has 1 unspecified atom stereocenters. The molecule has 1 N–H and O–H groups in total. The molecule has 1 aromatic carbocycles. The first-order chi connectivity index (χ1) is 9.11. The molecule has 2 rings (SSSR count). The van der Waals surface area contributed by atoms with Crippen molar-refractivity contribution in [3.63, 3.8) is 0 Å². The van der Waals surface area contributed by atoms with Crippen LogP contribution in [0.3, 0.4) is 0 Å². The third-order valence-electron chi connectivity index (χ3n) is 2.90. The minimum absolute atomic E-state index is 0.00877. The van der Waals surface area contributed by atoms with Gasteiger partial charge in [0.25, 0.3) is 0 Å². The van der Waals surface area contributed by atoms with Crippen LogP contribution in [-0.4, -0.2) is 16.6 Å². The number of nitrogens with zero attached hydrogens (tertiary/aromatic N) is 1.